The predicted octanol–water partition coefficient (Wildman–Crippen LogP) is 3.62. The van der Waals surface area contributed by atoms with Gasteiger partial charge in [0, 0.05) is 0 Å². The lowest BCUT2D eigenvalue weighted by Crippen LogP contribution is -2.27. The van der Waals surface area contributed by atoms with E-state index in [1.165, 1.54) is 71.4 Å². The first kappa shape index (κ1) is 16.9. The van der Waals surface area contributed by atoms with Crippen molar-refractivity contribution in [1.29, 1.82) is 0 Å². The van der Waals surface area contributed by atoms with Crippen molar-refractivity contribution >= 4 is 0 Å². The van der Waals surface area contributed by atoms with Crippen molar-refractivity contribution in [3.05, 3.63) is 0 Å². The Morgan fingerprint density at radius 1 is 0.529 bits per heavy atom. The van der Waals surface area contributed by atoms with Crippen LogP contribution in [0.3, 0.4) is 0 Å². The van der Waals surface area contributed by atoms with Crippen molar-refractivity contribution in [2.45, 2.75) is 59.8 Å². The van der Waals surface area contributed by atoms with E-state index >= 15 is 0 Å². The average molecular weight is 242 g/mol. The smallest absolute Gasteiger partial charge is 0.00187 e. The van der Waals surface area contributed by atoms with Gasteiger partial charge in [0.1, 0.15) is 0 Å². The van der Waals surface area contributed by atoms with Crippen LogP contribution < -0.4 is 0 Å². The first-order chi connectivity index (χ1) is 8.28. The highest BCUT2D eigenvalue weighted by Crippen LogP contribution is 2.02. The van der Waals surface area contributed by atoms with Crippen molar-refractivity contribution in [1.82, 2.24) is 9.80 Å². The zero-order valence-electron chi connectivity index (χ0n) is 12.7. The van der Waals surface area contributed by atoms with Gasteiger partial charge < -0.3 is 9.80 Å². The molecule has 2 heteroatoms. The molecule has 0 aliphatic rings. The summed E-state index contributed by atoms with van der Waals surface area (Å²) in [6.07, 6.45) is 6.72. The lowest BCUT2D eigenvalue weighted by atomic mass is 10.2. The van der Waals surface area contributed by atoms with E-state index in [0.717, 1.165) is 0 Å². The summed E-state index contributed by atoms with van der Waals surface area (Å²) in [4.78, 5) is 5.15. The van der Waals surface area contributed by atoms with Crippen molar-refractivity contribution in [3.8, 4) is 0 Å². The first-order valence-corrected chi connectivity index (χ1v) is 7.73. The molecule has 0 N–H and O–H groups in total. The number of nitrogens with zero attached hydrogens (tertiary/aromatic N) is 2. The molecule has 0 spiro atoms. The molecule has 0 unspecified atom stereocenters. The molecule has 0 heterocycles. The highest BCUT2D eigenvalue weighted by molar-refractivity contribution is 4.58. The van der Waals surface area contributed by atoms with Crippen LogP contribution >= 0.6 is 0 Å². The molecule has 0 radical (unpaired) electrons. The van der Waals surface area contributed by atoms with Crippen LogP contribution in [0.2, 0.25) is 0 Å². The lowest BCUT2D eigenvalue weighted by Gasteiger charge is -2.21. The predicted molar refractivity (Wildman–Crippen MR) is 78.7 cm³/mol. The van der Waals surface area contributed by atoms with Crippen LogP contribution in [0, 0.1) is 0 Å². The SMILES string of the molecule is CCCN(CCC)CCCCCN(CC)CC. The highest BCUT2D eigenvalue weighted by atomic mass is 15.1. The molecule has 0 saturated heterocycles. The fourth-order valence-electron chi connectivity index (χ4n) is 2.36. The summed E-state index contributed by atoms with van der Waals surface area (Å²) in [6, 6.07) is 0. The van der Waals surface area contributed by atoms with Crippen LogP contribution in [0.25, 0.3) is 0 Å². The van der Waals surface area contributed by atoms with Gasteiger partial charge in [-0.25, -0.2) is 0 Å². The van der Waals surface area contributed by atoms with Gasteiger partial charge in [0.25, 0.3) is 0 Å². The van der Waals surface area contributed by atoms with E-state index in [0.29, 0.717) is 0 Å². The Morgan fingerprint density at radius 3 is 1.41 bits per heavy atom. The van der Waals surface area contributed by atoms with Gasteiger partial charge in [0.05, 0.1) is 0 Å². The number of rotatable bonds is 12. The zero-order chi connectivity index (χ0) is 12.9. The van der Waals surface area contributed by atoms with Crippen LogP contribution in [-0.4, -0.2) is 49.1 Å². The summed E-state index contributed by atoms with van der Waals surface area (Å²) in [6.45, 7) is 16.6. The molecular weight excluding hydrogens is 208 g/mol. The Hall–Kier alpha value is -0.0800. The minimum absolute atomic E-state index is 1.20. The average Bonchev–Trinajstić information content (AvgIpc) is 2.34. The van der Waals surface area contributed by atoms with Gasteiger partial charge in [-0.3, -0.25) is 0 Å². The van der Waals surface area contributed by atoms with Crippen molar-refractivity contribution in [3.63, 3.8) is 0 Å². The third kappa shape index (κ3) is 9.61. The number of hydrogen-bond donors (Lipinski definition) is 0. The largest absolute Gasteiger partial charge is 0.304 e. The maximum absolute atomic E-state index is 2.62. The molecule has 0 aromatic heterocycles. The van der Waals surface area contributed by atoms with E-state index in [9.17, 15) is 0 Å². The van der Waals surface area contributed by atoms with Crippen LogP contribution in [0.5, 0.6) is 0 Å². The molecule has 2 nitrogen and oxygen atoms in total. The second-order valence-electron chi connectivity index (χ2n) is 4.93. The van der Waals surface area contributed by atoms with Gasteiger partial charge in [0.2, 0.25) is 0 Å². The third-order valence-corrected chi connectivity index (χ3v) is 3.42. The lowest BCUT2D eigenvalue weighted by molar-refractivity contribution is 0.259. The molecule has 0 aliphatic carbocycles. The third-order valence-electron chi connectivity index (χ3n) is 3.42. The number of unbranched alkanes of at least 4 members (excludes halogenated alkanes) is 2. The molecule has 0 atom stereocenters. The minimum Gasteiger partial charge on any atom is -0.304 e. The van der Waals surface area contributed by atoms with E-state index in [4.69, 9.17) is 0 Å². The van der Waals surface area contributed by atoms with Gasteiger partial charge in [-0.2, -0.15) is 0 Å². The molecule has 0 fully saturated rings. The van der Waals surface area contributed by atoms with E-state index in [2.05, 4.69) is 37.5 Å². The molecule has 0 aliphatic heterocycles. The second-order valence-corrected chi connectivity index (χ2v) is 4.93. The summed E-state index contributed by atoms with van der Waals surface area (Å²) >= 11 is 0. The Morgan fingerprint density at radius 2 is 1.00 bits per heavy atom. The van der Waals surface area contributed by atoms with Gasteiger partial charge in [-0.05, 0) is 65.0 Å². The Labute approximate surface area is 109 Å². The number of hydrogen-bond acceptors (Lipinski definition) is 2. The molecule has 0 aromatic carbocycles. The topological polar surface area (TPSA) is 6.48 Å². The Balaban J connectivity index is 3.46. The highest BCUT2D eigenvalue weighted by Gasteiger charge is 2.02. The quantitative estimate of drug-likeness (QED) is 0.482. The molecule has 0 amide bonds. The van der Waals surface area contributed by atoms with Crippen LogP contribution in [0.4, 0.5) is 0 Å². The van der Waals surface area contributed by atoms with E-state index in [1.807, 2.05) is 0 Å². The van der Waals surface area contributed by atoms with Gasteiger partial charge in [-0.15, -0.1) is 0 Å². The van der Waals surface area contributed by atoms with Crippen LogP contribution in [-0.2, 0) is 0 Å². The maximum Gasteiger partial charge on any atom is -0.00187 e. The summed E-state index contributed by atoms with van der Waals surface area (Å²) < 4.78 is 0. The summed E-state index contributed by atoms with van der Waals surface area (Å²) in [5, 5.41) is 0. The van der Waals surface area contributed by atoms with E-state index in [-0.39, 0.29) is 0 Å². The van der Waals surface area contributed by atoms with Crippen molar-refractivity contribution < 1.29 is 0 Å². The Bertz CT molecular complexity index is 138. The summed E-state index contributed by atoms with van der Waals surface area (Å²) in [5.41, 5.74) is 0. The van der Waals surface area contributed by atoms with E-state index < -0.39 is 0 Å². The first-order valence-electron chi connectivity index (χ1n) is 7.73. The summed E-state index contributed by atoms with van der Waals surface area (Å²) in [7, 11) is 0. The molecule has 17 heavy (non-hydrogen) atoms. The fourth-order valence-corrected chi connectivity index (χ4v) is 2.36. The standard InChI is InChI=1S/C15H34N2/c1-5-12-17(13-6-2)15-11-9-10-14-16(7-3)8-4/h5-15H2,1-4H3. The maximum atomic E-state index is 2.62. The second kappa shape index (κ2) is 12.4. The normalized spacial score (nSPS) is 11.6. The molecule has 0 saturated carbocycles. The minimum atomic E-state index is 1.20. The molecule has 0 rings (SSSR count). The molecule has 0 aromatic rings. The Kier molecular flexibility index (Phi) is 12.3. The zero-order valence-corrected chi connectivity index (χ0v) is 12.7. The van der Waals surface area contributed by atoms with Crippen molar-refractivity contribution in [2.24, 2.45) is 0 Å². The van der Waals surface area contributed by atoms with Gasteiger partial charge in [0.15, 0.2) is 0 Å². The summed E-state index contributed by atoms with van der Waals surface area (Å²) in [5.74, 6) is 0. The van der Waals surface area contributed by atoms with Gasteiger partial charge in [-0.1, -0.05) is 34.1 Å². The fraction of sp³-hybridized carbons (Fsp3) is 1.00. The monoisotopic (exact) mass is 242 g/mol. The van der Waals surface area contributed by atoms with Crippen LogP contribution in [0.1, 0.15) is 59.8 Å². The van der Waals surface area contributed by atoms with Crippen LogP contribution in [0.15, 0.2) is 0 Å². The van der Waals surface area contributed by atoms with E-state index in [1.54, 1.807) is 0 Å². The molecule has 0 bridgehead atoms. The van der Waals surface area contributed by atoms with Gasteiger partial charge >= 0.3 is 0 Å². The van der Waals surface area contributed by atoms with Crippen molar-refractivity contribution in [2.75, 3.05) is 39.3 Å². The molecule has 104 valence electrons. The molecular formula is C15H34N2.